The van der Waals surface area contributed by atoms with Crippen LogP contribution in [-0.4, -0.2) is 50.9 Å². The molecule has 1 aliphatic heterocycles. The van der Waals surface area contributed by atoms with Crippen molar-refractivity contribution in [3.05, 3.63) is 24.3 Å². The van der Waals surface area contributed by atoms with Crippen LogP contribution in [0.1, 0.15) is 12.8 Å². The van der Waals surface area contributed by atoms with Crippen LogP contribution in [0.25, 0.3) is 0 Å². The van der Waals surface area contributed by atoms with Crippen molar-refractivity contribution in [3.63, 3.8) is 0 Å². The highest BCUT2D eigenvalue weighted by molar-refractivity contribution is 7.90. The van der Waals surface area contributed by atoms with Gasteiger partial charge in [0.1, 0.15) is 5.75 Å². The number of hydrogen-bond acceptors (Lipinski definition) is 4. The van der Waals surface area contributed by atoms with E-state index in [1.807, 2.05) is 0 Å². The minimum Gasteiger partial charge on any atom is -0.497 e. The zero-order valence-electron chi connectivity index (χ0n) is 14.2. The molecule has 0 spiro atoms. The summed E-state index contributed by atoms with van der Waals surface area (Å²) in [5.74, 6) is 0.859. The number of nitrogens with two attached hydrogens (primary N) is 1. The molecule has 1 aromatic carbocycles. The first-order valence-corrected chi connectivity index (χ1v) is 9.35. The zero-order valence-corrected chi connectivity index (χ0v) is 15.0. The van der Waals surface area contributed by atoms with E-state index in [0.29, 0.717) is 29.4 Å². The van der Waals surface area contributed by atoms with E-state index in [4.69, 9.17) is 10.5 Å². The highest BCUT2D eigenvalue weighted by Crippen LogP contribution is 2.30. The number of benzene rings is 1. The Morgan fingerprint density at radius 3 is 2.38 bits per heavy atom. The zero-order chi connectivity index (χ0) is 19.4. The maximum atomic E-state index is 12.5. The van der Waals surface area contributed by atoms with E-state index in [1.165, 1.54) is 0 Å². The lowest BCUT2D eigenvalue weighted by molar-refractivity contribution is -0.0496. The fraction of sp³-hybridized carbons (Fsp3) is 0.533. The number of hydrogen-bond donors (Lipinski definition) is 2. The van der Waals surface area contributed by atoms with Gasteiger partial charge in [-0.1, -0.05) is 0 Å². The van der Waals surface area contributed by atoms with Crippen LogP contribution in [0.4, 0.5) is 18.9 Å². The fourth-order valence-electron chi connectivity index (χ4n) is 2.57. The SMILES string of the molecule is COc1ccc(NC(N)=NCC2CCN(S(=O)(=O)C(F)(F)F)CC2)cc1. The van der Waals surface area contributed by atoms with Crippen molar-refractivity contribution in [1.29, 1.82) is 0 Å². The van der Waals surface area contributed by atoms with Gasteiger partial charge < -0.3 is 15.8 Å². The molecule has 26 heavy (non-hydrogen) atoms. The first-order chi connectivity index (χ1) is 12.1. The van der Waals surface area contributed by atoms with Gasteiger partial charge in [-0.3, -0.25) is 4.99 Å². The number of rotatable bonds is 5. The highest BCUT2D eigenvalue weighted by Gasteiger charge is 2.50. The second-order valence-corrected chi connectivity index (χ2v) is 7.80. The van der Waals surface area contributed by atoms with E-state index in [0.717, 1.165) is 5.69 Å². The average Bonchev–Trinajstić information content (AvgIpc) is 2.60. The standard InChI is InChI=1S/C15H21F3N4O3S/c1-25-13-4-2-12(3-5-13)21-14(19)20-10-11-6-8-22(9-7-11)26(23,24)15(16,17)18/h2-5,11H,6-10H2,1H3,(H3,19,20,21). The van der Waals surface area contributed by atoms with E-state index in [1.54, 1.807) is 31.4 Å². The molecule has 0 bridgehead atoms. The molecular weight excluding hydrogens is 373 g/mol. The Kier molecular flexibility index (Phi) is 6.34. The topological polar surface area (TPSA) is 97.0 Å². The second-order valence-electron chi connectivity index (χ2n) is 5.87. The molecule has 0 aliphatic carbocycles. The van der Waals surface area contributed by atoms with Crippen molar-refractivity contribution < 1.29 is 26.3 Å². The lowest BCUT2D eigenvalue weighted by Gasteiger charge is -2.30. The Bertz CT molecular complexity index is 727. The molecule has 0 saturated carbocycles. The van der Waals surface area contributed by atoms with Crippen LogP contribution in [0.15, 0.2) is 29.3 Å². The number of aliphatic imine (C=N–C) groups is 1. The van der Waals surface area contributed by atoms with Gasteiger partial charge in [0, 0.05) is 25.3 Å². The maximum absolute atomic E-state index is 12.5. The first-order valence-electron chi connectivity index (χ1n) is 7.91. The number of sulfonamides is 1. The molecule has 1 saturated heterocycles. The minimum absolute atomic E-state index is 0.0223. The molecule has 0 aromatic heterocycles. The molecule has 1 aromatic rings. The molecule has 1 fully saturated rings. The monoisotopic (exact) mass is 394 g/mol. The first kappa shape index (κ1) is 20.3. The fourth-order valence-corrected chi connectivity index (χ4v) is 3.55. The van der Waals surface area contributed by atoms with Gasteiger partial charge in [0.15, 0.2) is 5.96 Å². The Labute approximate surface area is 150 Å². The van der Waals surface area contributed by atoms with E-state index >= 15 is 0 Å². The number of guanidine groups is 1. The van der Waals surface area contributed by atoms with Crippen LogP contribution >= 0.6 is 0 Å². The van der Waals surface area contributed by atoms with Crippen LogP contribution < -0.4 is 15.8 Å². The van der Waals surface area contributed by atoms with Crippen molar-refractivity contribution in [3.8, 4) is 5.75 Å². The smallest absolute Gasteiger partial charge is 0.497 e. The lowest BCUT2D eigenvalue weighted by Crippen LogP contribution is -2.45. The molecule has 7 nitrogen and oxygen atoms in total. The summed E-state index contributed by atoms with van der Waals surface area (Å²) in [5, 5.41) is 2.90. The highest BCUT2D eigenvalue weighted by atomic mass is 32.2. The molecule has 0 amide bonds. The summed E-state index contributed by atoms with van der Waals surface area (Å²) >= 11 is 0. The maximum Gasteiger partial charge on any atom is 0.511 e. The number of anilines is 1. The number of alkyl halides is 3. The lowest BCUT2D eigenvalue weighted by atomic mass is 9.98. The Balaban J connectivity index is 1.84. The van der Waals surface area contributed by atoms with Crippen molar-refractivity contribution in [1.82, 2.24) is 4.31 Å². The van der Waals surface area contributed by atoms with Crippen LogP contribution in [0.2, 0.25) is 0 Å². The molecule has 146 valence electrons. The predicted octanol–water partition coefficient (Wildman–Crippen LogP) is 1.98. The van der Waals surface area contributed by atoms with Gasteiger partial charge in [-0.2, -0.15) is 17.5 Å². The number of ether oxygens (including phenoxy) is 1. The van der Waals surface area contributed by atoms with Gasteiger partial charge in [0.2, 0.25) is 0 Å². The number of methoxy groups -OCH3 is 1. The normalized spacial score (nSPS) is 17.9. The predicted molar refractivity (Wildman–Crippen MR) is 92.4 cm³/mol. The molecule has 1 aliphatic rings. The molecule has 3 N–H and O–H groups in total. The minimum atomic E-state index is -5.26. The van der Waals surface area contributed by atoms with E-state index < -0.39 is 15.5 Å². The molecule has 0 unspecified atom stereocenters. The van der Waals surface area contributed by atoms with Gasteiger partial charge in [-0.15, -0.1) is 0 Å². The van der Waals surface area contributed by atoms with Crippen LogP contribution in [0.3, 0.4) is 0 Å². The molecular formula is C15H21F3N4O3S. The summed E-state index contributed by atoms with van der Waals surface area (Å²) in [7, 11) is -3.69. The summed E-state index contributed by atoms with van der Waals surface area (Å²) < 4.78 is 65.9. The van der Waals surface area contributed by atoms with Gasteiger partial charge in [-0.25, -0.2) is 8.42 Å². The third kappa shape index (κ3) is 5.01. The molecule has 11 heteroatoms. The number of nitrogens with zero attached hydrogens (tertiary/aromatic N) is 2. The number of piperidine rings is 1. The summed E-state index contributed by atoms with van der Waals surface area (Å²) in [5.41, 5.74) is 1.26. The van der Waals surface area contributed by atoms with Gasteiger partial charge in [0.05, 0.1) is 7.11 Å². The van der Waals surface area contributed by atoms with E-state index in [9.17, 15) is 21.6 Å². The number of halogens is 3. The largest absolute Gasteiger partial charge is 0.511 e. The molecule has 2 rings (SSSR count). The van der Waals surface area contributed by atoms with E-state index in [-0.39, 0.29) is 25.0 Å². The third-order valence-corrected chi connectivity index (χ3v) is 5.72. The van der Waals surface area contributed by atoms with E-state index in [2.05, 4.69) is 10.3 Å². The quantitative estimate of drug-likeness (QED) is 0.588. The van der Waals surface area contributed by atoms with Gasteiger partial charge >= 0.3 is 15.5 Å². The van der Waals surface area contributed by atoms with Gasteiger partial charge in [-0.05, 0) is 43.0 Å². The Morgan fingerprint density at radius 1 is 1.31 bits per heavy atom. The van der Waals surface area contributed by atoms with Crippen LogP contribution in [0, 0.1) is 5.92 Å². The average molecular weight is 394 g/mol. The molecule has 1 heterocycles. The summed E-state index contributed by atoms with van der Waals surface area (Å²) in [6.07, 6.45) is 0.600. The van der Waals surface area contributed by atoms with Gasteiger partial charge in [0.25, 0.3) is 0 Å². The summed E-state index contributed by atoms with van der Waals surface area (Å²) in [4.78, 5) is 4.18. The van der Waals surface area contributed by atoms with Crippen molar-refractivity contribution in [2.24, 2.45) is 16.6 Å². The Morgan fingerprint density at radius 2 is 1.88 bits per heavy atom. The summed E-state index contributed by atoms with van der Waals surface area (Å²) in [6, 6.07) is 7.04. The summed E-state index contributed by atoms with van der Waals surface area (Å²) in [6.45, 7) is -0.0312. The third-order valence-electron chi connectivity index (χ3n) is 4.09. The molecule has 0 radical (unpaired) electrons. The second kappa shape index (κ2) is 8.12. The van der Waals surface area contributed by atoms with Crippen molar-refractivity contribution in [2.45, 2.75) is 18.3 Å². The Hall–Kier alpha value is -2.01. The van der Waals surface area contributed by atoms with Crippen molar-refractivity contribution >= 4 is 21.7 Å². The van der Waals surface area contributed by atoms with Crippen LogP contribution in [0.5, 0.6) is 5.75 Å². The molecule has 0 atom stereocenters. The van der Waals surface area contributed by atoms with Crippen LogP contribution in [-0.2, 0) is 10.0 Å². The number of nitrogens with one attached hydrogen (secondary N) is 1. The van der Waals surface area contributed by atoms with Crippen molar-refractivity contribution in [2.75, 3.05) is 32.1 Å².